The number of anilines is 1. The number of benzene rings is 3. The Morgan fingerprint density at radius 2 is 1.76 bits per heavy atom. The van der Waals surface area contributed by atoms with Gasteiger partial charge in [0.1, 0.15) is 12.4 Å². The summed E-state index contributed by atoms with van der Waals surface area (Å²) in [6.07, 6.45) is 5.64. The van der Waals surface area contributed by atoms with Gasteiger partial charge in [-0.05, 0) is 73.2 Å². The minimum Gasteiger partial charge on any atom is -0.489 e. The number of rotatable bonds is 7. The van der Waals surface area contributed by atoms with Crippen LogP contribution < -0.4 is 10.1 Å². The lowest BCUT2D eigenvalue weighted by atomic mass is 9.76. The molecule has 3 atom stereocenters. The van der Waals surface area contributed by atoms with Gasteiger partial charge in [-0.15, -0.1) is 0 Å². The van der Waals surface area contributed by atoms with Crippen LogP contribution in [-0.2, 0) is 6.61 Å². The second kappa shape index (κ2) is 9.76. The first-order chi connectivity index (χ1) is 16.7. The number of carbonyl (C=O) groups excluding carboxylic acids is 1. The maximum Gasteiger partial charge on any atom is 0.253 e. The Bertz CT molecular complexity index is 1170. The Hall–Kier alpha value is -3.53. The van der Waals surface area contributed by atoms with Gasteiger partial charge in [0.15, 0.2) is 0 Å². The molecule has 0 saturated carbocycles. The van der Waals surface area contributed by atoms with E-state index in [9.17, 15) is 4.79 Å². The number of nitrogens with zero attached hydrogens (tertiary/aromatic N) is 1. The average molecular weight is 453 g/mol. The predicted octanol–water partition coefficient (Wildman–Crippen LogP) is 6.57. The first-order valence-electron chi connectivity index (χ1n) is 12.3. The minimum atomic E-state index is 0.111. The van der Waals surface area contributed by atoms with Crippen molar-refractivity contribution in [2.24, 2.45) is 5.92 Å². The standard InChI is InChI=1S/C30H32N2O2/c1-3-32(4-2)30(33)23-15-18-28-27(19-23)25-11-8-12-26(25)29(31-28)22-13-16-24(17-14-22)34-20-21-9-6-5-7-10-21/h5-11,13-19,25-26,29,31H,3-4,12,20H2,1-2H3. The quantitative estimate of drug-likeness (QED) is 0.412. The van der Waals surface area contributed by atoms with Gasteiger partial charge in [-0.25, -0.2) is 0 Å². The summed E-state index contributed by atoms with van der Waals surface area (Å²) in [5.41, 5.74) is 5.56. The number of fused-ring (bicyclic) bond motifs is 3. The van der Waals surface area contributed by atoms with Crippen LogP contribution in [0.4, 0.5) is 5.69 Å². The molecular formula is C30H32N2O2. The van der Waals surface area contributed by atoms with Crippen molar-refractivity contribution in [2.45, 2.75) is 38.8 Å². The largest absolute Gasteiger partial charge is 0.489 e. The lowest BCUT2D eigenvalue weighted by molar-refractivity contribution is 0.0773. The van der Waals surface area contributed by atoms with Crippen molar-refractivity contribution < 1.29 is 9.53 Å². The van der Waals surface area contributed by atoms with E-state index in [4.69, 9.17) is 4.74 Å². The van der Waals surface area contributed by atoms with Crippen LogP contribution >= 0.6 is 0 Å². The molecule has 1 aliphatic carbocycles. The summed E-state index contributed by atoms with van der Waals surface area (Å²) in [4.78, 5) is 14.8. The molecular weight excluding hydrogens is 420 g/mol. The number of hydrogen-bond donors (Lipinski definition) is 1. The third kappa shape index (κ3) is 4.33. The van der Waals surface area contributed by atoms with Crippen LogP contribution in [0.1, 0.15) is 59.3 Å². The molecule has 1 aliphatic heterocycles. The van der Waals surface area contributed by atoms with Crippen LogP contribution in [0.15, 0.2) is 84.9 Å². The van der Waals surface area contributed by atoms with Crippen molar-refractivity contribution in [1.29, 1.82) is 0 Å². The SMILES string of the molecule is CCN(CC)C(=O)c1ccc2c(c1)C1C=CCC1C(c1ccc(OCc3ccccc3)cc1)N2. The average Bonchev–Trinajstić information content (AvgIpc) is 3.39. The maximum atomic E-state index is 12.9. The topological polar surface area (TPSA) is 41.6 Å². The minimum absolute atomic E-state index is 0.111. The lowest BCUT2D eigenvalue weighted by Gasteiger charge is -2.38. The fourth-order valence-corrected chi connectivity index (χ4v) is 5.26. The van der Waals surface area contributed by atoms with E-state index >= 15 is 0 Å². The molecule has 4 heteroatoms. The molecule has 174 valence electrons. The highest BCUT2D eigenvalue weighted by molar-refractivity contribution is 5.95. The molecule has 1 N–H and O–H groups in total. The van der Waals surface area contributed by atoms with E-state index < -0.39 is 0 Å². The van der Waals surface area contributed by atoms with Gasteiger partial charge in [-0.2, -0.15) is 0 Å². The van der Waals surface area contributed by atoms with E-state index in [1.165, 1.54) is 11.1 Å². The fourth-order valence-electron chi connectivity index (χ4n) is 5.26. The number of amides is 1. The molecule has 34 heavy (non-hydrogen) atoms. The van der Waals surface area contributed by atoms with E-state index in [2.05, 4.69) is 66.0 Å². The molecule has 3 aromatic carbocycles. The second-order valence-electron chi connectivity index (χ2n) is 9.10. The zero-order valence-electron chi connectivity index (χ0n) is 19.9. The molecule has 2 aliphatic rings. The third-order valence-electron chi connectivity index (χ3n) is 7.15. The van der Waals surface area contributed by atoms with Gasteiger partial charge >= 0.3 is 0 Å². The van der Waals surface area contributed by atoms with Crippen LogP contribution in [0.2, 0.25) is 0 Å². The van der Waals surface area contributed by atoms with Crippen molar-refractivity contribution in [2.75, 3.05) is 18.4 Å². The van der Waals surface area contributed by atoms with Crippen LogP contribution in [0.3, 0.4) is 0 Å². The molecule has 5 rings (SSSR count). The van der Waals surface area contributed by atoms with E-state index in [1.807, 2.05) is 43.0 Å². The van der Waals surface area contributed by atoms with Crippen LogP contribution in [0, 0.1) is 5.92 Å². The summed E-state index contributed by atoms with van der Waals surface area (Å²) < 4.78 is 5.98. The lowest BCUT2D eigenvalue weighted by Crippen LogP contribution is -2.32. The number of nitrogens with one attached hydrogen (secondary N) is 1. The van der Waals surface area contributed by atoms with E-state index in [1.54, 1.807) is 0 Å². The molecule has 0 saturated heterocycles. The summed E-state index contributed by atoms with van der Waals surface area (Å²) in [6, 6.07) is 25.1. The smallest absolute Gasteiger partial charge is 0.253 e. The highest BCUT2D eigenvalue weighted by Gasteiger charge is 2.38. The second-order valence-corrected chi connectivity index (χ2v) is 9.10. The van der Waals surface area contributed by atoms with Crippen LogP contribution in [-0.4, -0.2) is 23.9 Å². The Labute approximate surface area is 202 Å². The zero-order chi connectivity index (χ0) is 23.5. The molecule has 0 radical (unpaired) electrons. The van der Waals surface area contributed by atoms with Gasteiger partial charge in [-0.1, -0.05) is 54.6 Å². The summed E-state index contributed by atoms with van der Waals surface area (Å²) in [5.74, 6) is 1.74. The maximum absolute atomic E-state index is 12.9. The first kappa shape index (κ1) is 22.3. The van der Waals surface area contributed by atoms with Crippen molar-refractivity contribution in [1.82, 2.24) is 4.90 Å². The third-order valence-corrected chi connectivity index (χ3v) is 7.15. The van der Waals surface area contributed by atoms with Crippen molar-refractivity contribution in [3.05, 3.63) is 107 Å². The predicted molar refractivity (Wildman–Crippen MR) is 137 cm³/mol. The molecule has 4 nitrogen and oxygen atoms in total. The Balaban J connectivity index is 1.35. The summed E-state index contributed by atoms with van der Waals surface area (Å²) in [5, 5.41) is 3.78. The van der Waals surface area contributed by atoms with Gasteiger partial charge in [0.05, 0.1) is 6.04 Å². The Kier molecular flexibility index (Phi) is 6.39. The van der Waals surface area contributed by atoms with Gasteiger partial charge in [-0.3, -0.25) is 4.79 Å². The number of ether oxygens (including phenoxy) is 1. The summed E-state index contributed by atoms with van der Waals surface area (Å²) >= 11 is 0. The van der Waals surface area contributed by atoms with Gasteiger partial charge in [0, 0.05) is 30.3 Å². The van der Waals surface area contributed by atoms with E-state index in [0.717, 1.165) is 42.1 Å². The van der Waals surface area contributed by atoms with E-state index in [-0.39, 0.29) is 11.9 Å². The molecule has 1 heterocycles. The molecule has 3 aromatic rings. The van der Waals surface area contributed by atoms with Gasteiger partial charge in [0.25, 0.3) is 5.91 Å². The Morgan fingerprint density at radius 3 is 2.50 bits per heavy atom. The first-order valence-corrected chi connectivity index (χ1v) is 12.3. The van der Waals surface area contributed by atoms with Gasteiger partial charge < -0.3 is 15.0 Å². The highest BCUT2D eigenvalue weighted by atomic mass is 16.5. The molecule has 0 bridgehead atoms. The number of allylic oxidation sites excluding steroid dienone is 2. The van der Waals surface area contributed by atoms with Crippen LogP contribution in [0.25, 0.3) is 0 Å². The molecule has 0 fully saturated rings. The monoisotopic (exact) mass is 452 g/mol. The molecule has 0 spiro atoms. The van der Waals surface area contributed by atoms with E-state index in [0.29, 0.717) is 18.4 Å². The summed E-state index contributed by atoms with van der Waals surface area (Å²) in [6.45, 7) is 6.07. The van der Waals surface area contributed by atoms with Crippen molar-refractivity contribution in [3.8, 4) is 5.75 Å². The normalized spacial score (nSPS) is 20.2. The van der Waals surface area contributed by atoms with Gasteiger partial charge in [0.2, 0.25) is 0 Å². The molecule has 1 amide bonds. The van der Waals surface area contributed by atoms with Crippen LogP contribution in [0.5, 0.6) is 5.75 Å². The summed E-state index contributed by atoms with van der Waals surface area (Å²) in [7, 11) is 0. The molecule has 3 unspecified atom stereocenters. The zero-order valence-corrected chi connectivity index (χ0v) is 19.9. The highest BCUT2D eigenvalue weighted by Crippen LogP contribution is 2.50. The number of hydrogen-bond acceptors (Lipinski definition) is 3. The Morgan fingerprint density at radius 1 is 1.00 bits per heavy atom. The molecule has 0 aromatic heterocycles. The number of carbonyl (C=O) groups is 1. The fraction of sp³-hybridized carbons (Fsp3) is 0.300. The van der Waals surface area contributed by atoms with Crippen molar-refractivity contribution in [3.63, 3.8) is 0 Å². The van der Waals surface area contributed by atoms with Crippen molar-refractivity contribution >= 4 is 11.6 Å².